The Morgan fingerprint density at radius 2 is 1.89 bits per heavy atom. The number of piperidine rings is 1. The second-order valence-corrected chi connectivity index (χ2v) is 12.1. The van der Waals surface area contributed by atoms with E-state index in [1.165, 1.54) is 0 Å². The van der Waals surface area contributed by atoms with Crippen molar-refractivity contribution in [3.05, 3.63) is 53.1 Å². The highest BCUT2D eigenvalue weighted by Gasteiger charge is 2.34. The topological polar surface area (TPSA) is 84.9 Å². The summed E-state index contributed by atoms with van der Waals surface area (Å²) in [5.74, 6) is 1.30. The molecule has 2 aromatic carbocycles. The zero-order valence-electron chi connectivity index (χ0n) is 21.1. The minimum Gasteiger partial charge on any atom is -0.496 e. The summed E-state index contributed by atoms with van der Waals surface area (Å²) in [5.41, 5.74) is 2.43. The van der Waals surface area contributed by atoms with Crippen molar-refractivity contribution in [2.45, 2.75) is 75.8 Å². The van der Waals surface area contributed by atoms with Gasteiger partial charge in [-0.25, -0.2) is 8.42 Å². The highest BCUT2D eigenvalue weighted by molar-refractivity contribution is 7.89. The van der Waals surface area contributed by atoms with Crippen LogP contribution in [0.4, 0.5) is 0 Å². The fraction of sp³-hybridized carbons (Fsp3) is 0.519. The molecule has 0 radical (unpaired) electrons. The number of benzene rings is 2. The van der Waals surface area contributed by atoms with E-state index in [0.29, 0.717) is 37.2 Å². The summed E-state index contributed by atoms with van der Waals surface area (Å²) in [6, 6.07) is 10.8. The summed E-state index contributed by atoms with van der Waals surface area (Å²) in [5, 5.41) is 3.18. The number of nitrogens with one attached hydrogen (secondary N) is 1. The SMILES string of the molecule is COc1ccc(S(=O)(=O)N2CCCCC2)cc1CCC(=O)N[C@@H]1CC(C)(C)Oc2ccc(C)cc21. The smallest absolute Gasteiger partial charge is 0.243 e. The molecule has 1 saturated heterocycles. The van der Waals surface area contributed by atoms with E-state index in [1.807, 2.05) is 32.9 Å². The van der Waals surface area contributed by atoms with Crippen LogP contribution in [0, 0.1) is 6.92 Å². The van der Waals surface area contributed by atoms with Crippen molar-refractivity contribution < 1.29 is 22.7 Å². The van der Waals surface area contributed by atoms with Gasteiger partial charge in [-0.2, -0.15) is 4.31 Å². The zero-order valence-corrected chi connectivity index (χ0v) is 21.9. The van der Waals surface area contributed by atoms with E-state index >= 15 is 0 Å². The third-order valence-corrected chi connectivity index (χ3v) is 8.68. The van der Waals surface area contributed by atoms with Crippen LogP contribution in [-0.2, 0) is 21.2 Å². The molecular formula is C27H36N2O5S. The van der Waals surface area contributed by atoms with Gasteiger partial charge in [0, 0.05) is 31.5 Å². The van der Waals surface area contributed by atoms with Crippen LogP contribution in [0.15, 0.2) is 41.3 Å². The van der Waals surface area contributed by atoms with Crippen LogP contribution in [0.1, 0.15) is 68.7 Å². The van der Waals surface area contributed by atoms with E-state index < -0.39 is 10.0 Å². The molecule has 2 aliphatic rings. The van der Waals surface area contributed by atoms with Gasteiger partial charge in [-0.3, -0.25) is 4.79 Å². The van der Waals surface area contributed by atoms with Crippen molar-refractivity contribution in [3.8, 4) is 11.5 Å². The Bertz CT molecular complexity index is 1190. The first-order valence-electron chi connectivity index (χ1n) is 12.3. The van der Waals surface area contributed by atoms with Crippen molar-refractivity contribution in [2.75, 3.05) is 20.2 Å². The van der Waals surface area contributed by atoms with Crippen LogP contribution in [0.25, 0.3) is 0 Å². The van der Waals surface area contributed by atoms with Gasteiger partial charge in [-0.15, -0.1) is 0 Å². The predicted octanol–water partition coefficient (Wildman–Crippen LogP) is 4.53. The summed E-state index contributed by atoms with van der Waals surface area (Å²) in [7, 11) is -2.00. The minimum atomic E-state index is -3.56. The Labute approximate surface area is 208 Å². The molecule has 35 heavy (non-hydrogen) atoms. The standard InChI is InChI=1S/C27H36N2O5S/c1-19-8-11-25-22(16-19)23(18-27(2,3)34-25)28-26(30)13-9-20-17-21(10-12-24(20)33-4)35(31,32)29-14-6-5-7-15-29/h8,10-12,16-17,23H,5-7,9,13-15,18H2,1-4H3,(H,28,30)/t23-/m1/s1. The Morgan fingerprint density at radius 3 is 2.60 bits per heavy atom. The third-order valence-electron chi connectivity index (χ3n) is 6.78. The Kier molecular flexibility index (Phi) is 7.43. The summed E-state index contributed by atoms with van der Waals surface area (Å²) >= 11 is 0. The molecule has 190 valence electrons. The molecule has 7 nitrogen and oxygen atoms in total. The van der Waals surface area contributed by atoms with Crippen molar-refractivity contribution in [1.82, 2.24) is 9.62 Å². The number of aryl methyl sites for hydroxylation is 2. The fourth-order valence-electron chi connectivity index (χ4n) is 4.98. The number of hydrogen-bond donors (Lipinski definition) is 1. The molecule has 2 aromatic rings. The molecule has 0 spiro atoms. The highest BCUT2D eigenvalue weighted by Crippen LogP contribution is 2.40. The predicted molar refractivity (Wildman–Crippen MR) is 135 cm³/mol. The number of nitrogens with zero attached hydrogens (tertiary/aromatic N) is 1. The normalized spacial score (nSPS) is 19.9. The Hall–Kier alpha value is -2.58. The van der Waals surface area contributed by atoms with E-state index in [0.717, 1.165) is 36.1 Å². The van der Waals surface area contributed by atoms with E-state index in [1.54, 1.807) is 29.6 Å². The number of amides is 1. The molecule has 0 bridgehead atoms. The lowest BCUT2D eigenvalue weighted by molar-refractivity contribution is -0.122. The average molecular weight is 501 g/mol. The molecule has 2 heterocycles. The number of carbonyl (C=O) groups excluding carboxylic acids is 1. The van der Waals surface area contributed by atoms with Gasteiger partial charge in [0.1, 0.15) is 17.1 Å². The van der Waals surface area contributed by atoms with Gasteiger partial charge in [0.05, 0.1) is 18.0 Å². The summed E-state index contributed by atoms with van der Waals surface area (Å²) < 4.78 is 39.4. The minimum absolute atomic E-state index is 0.0912. The maximum atomic E-state index is 13.1. The van der Waals surface area contributed by atoms with E-state index in [4.69, 9.17) is 9.47 Å². The maximum absolute atomic E-state index is 13.1. The second-order valence-electron chi connectivity index (χ2n) is 10.2. The molecule has 4 rings (SSSR count). The first-order chi connectivity index (χ1) is 16.6. The number of hydrogen-bond acceptors (Lipinski definition) is 5. The first-order valence-corrected chi connectivity index (χ1v) is 13.8. The lowest BCUT2D eigenvalue weighted by Crippen LogP contribution is -2.41. The molecule has 1 atom stereocenters. The van der Waals surface area contributed by atoms with Gasteiger partial charge in [0.2, 0.25) is 15.9 Å². The molecular weight excluding hydrogens is 464 g/mol. The first kappa shape index (κ1) is 25.5. The maximum Gasteiger partial charge on any atom is 0.243 e. The van der Waals surface area contributed by atoms with Gasteiger partial charge in [0.15, 0.2) is 0 Å². The molecule has 8 heteroatoms. The number of ether oxygens (including phenoxy) is 2. The molecule has 1 amide bonds. The van der Waals surface area contributed by atoms with Gasteiger partial charge < -0.3 is 14.8 Å². The lowest BCUT2D eigenvalue weighted by atomic mass is 9.89. The molecule has 0 aliphatic carbocycles. The van der Waals surface area contributed by atoms with Crippen molar-refractivity contribution in [2.24, 2.45) is 0 Å². The Balaban J connectivity index is 1.48. The quantitative estimate of drug-likeness (QED) is 0.604. The number of rotatable bonds is 7. The van der Waals surface area contributed by atoms with Gasteiger partial charge >= 0.3 is 0 Å². The molecule has 1 N–H and O–H groups in total. The number of methoxy groups -OCH3 is 1. The van der Waals surface area contributed by atoms with Crippen LogP contribution in [0.2, 0.25) is 0 Å². The largest absolute Gasteiger partial charge is 0.496 e. The van der Waals surface area contributed by atoms with Crippen LogP contribution in [0.5, 0.6) is 11.5 Å². The van der Waals surface area contributed by atoms with Gasteiger partial charge in [0.25, 0.3) is 0 Å². The molecule has 1 fully saturated rings. The van der Waals surface area contributed by atoms with Crippen LogP contribution in [0.3, 0.4) is 0 Å². The van der Waals surface area contributed by atoms with E-state index in [2.05, 4.69) is 11.4 Å². The Morgan fingerprint density at radius 1 is 1.14 bits per heavy atom. The van der Waals surface area contributed by atoms with Gasteiger partial charge in [-0.05, 0) is 69.9 Å². The number of sulfonamides is 1. The zero-order chi connectivity index (χ0) is 25.2. The number of carbonyl (C=O) groups is 1. The van der Waals surface area contributed by atoms with E-state index in [-0.39, 0.29) is 28.9 Å². The van der Waals surface area contributed by atoms with Crippen molar-refractivity contribution in [1.29, 1.82) is 0 Å². The summed E-state index contributed by atoms with van der Waals surface area (Å²) in [6.07, 6.45) is 4.10. The van der Waals surface area contributed by atoms with Crippen molar-refractivity contribution in [3.63, 3.8) is 0 Å². The fourth-order valence-corrected chi connectivity index (χ4v) is 6.55. The second kappa shape index (κ2) is 10.2. The van der Waals surface area contributed by atoms with Crippen LogP contribution < -0.4 is 14.8 Å². The van der Waals surface area contributed by atoms with Gasteiger partial charge in [-0.1, -0.05) is 24.1 Å². The monoisotopic (exact) mass is 500 g/mol. The third kappa shape index (κ3) is 5.81. The molecule has 2 aliphatic heterocycles. The van der Waals surface area contributed by atoms with Crippen molar-refractivity contribution >= 4 is 15.9 Å². The lowest BCUT2D eigenvalue weighted by Gasteiger charge is -2.38. The van der Waals surface area contributed by atoms with Crippen LogP contribution >= 0.6 is 0 Å². The average Bonchev–Trinajstić information content (AvgIpc) is 2.83. The van der Waals surface area contributed by atoms with Crippen LogP contribution in [-0.4, -0.2) is 44.4 Å². The number of fused-ring (bicyclic) bond motifs is 1. The summed E-state index contributed by atoms with van der Waals surface area (Å²) in [6.45, 7) is 7.17. The molecule has 0 aromatic heterocycles. The highest BCUT2D eigenvalue weighted by atomic mass is 32.2. The molecule has 0 saturated carbocycles. The van der Waals surface area contributed by atoms with E-state index in [9.17, 15) is 13.2 Å². The molecule has 0 unspecified atom stereocenters. The summed E-state index contributed by atoms with van der Waals surface area (Å²) in [4.78, 5) is 13.3.